The van der Waals surface area contributed by atoms with Gasteiger partial charge in [0.2, 0.25) is 0 Å². The highest BCUT2D eigenvalue weighted by molar-refractivity contribution is 5.73. The second-order valence-corrected chi connectivity index (χ2v) is 4.64. The monoisotopic (exact) mass is 285 g/mol. The van der Waals surface area contributed by atoms with Gasteiger partial charge in [-0.15, -0.1) is 0 Å². The zero-order valence-electron chi connectivity index (χ0n) is 12.0. The molecule has 110 valence electrons. The highest BCUT2D eigenvalue weighted by Crippen LogP contribution is 2.05. The molecule has 2 N–H and O–H groups in total. The molecule has 0 atom stereocenters. The molecule has 0 radical (unpaired) electrons. The number of carbonyl (C=O) groups is 1. The lowest BCUT2D eigenvalue weighted by Gasteiger charge is -2.08. The van der Waals surface area contributed by atoms with Crippen molar-refractivity contribution in [3.05, 3.63) is 65.5 Å². The second-order valence-electron chi connectivity index (χ2n) is 4.64. The zero-order chi connectivity index (χ0) is 14.9. The Morgan fingerprint density at radius 3 is 2.05 bits per heavy atom. The molecule has 0 fully saturated rings. The molecule has 21 heavy (non-hydrogen) atoms. The maximum atomic E-state index is 11.7. The van der Waals surface area contributed by atoms with Crippen molar-refractivity contribution in [1.29, 1.82) is 0 Å². The summed E-state index contributed by atoms with van der Waals surface area (Å²) in [7, 11) is 1.67. The van der Waals surface area contributed by atoms with E-state index in [1.807, 2.05) is 36.4 Å². The van der Waals surface area contributed by atoms with Gasteiger partial charge in [0.1, 0.15) is 0 Å². The number of carbonyl (C=O) groups excluding carboxylic acids is 1. The van der Waals surface area contributed by atoms with Crippen LogP contribution in [0.1, 0.15) is 16.7 Å². The van der Waals surface area contributed by atoms with Crippen LogP contribution in [0.5, 0.6) is 0 Å². The van der Waals surface area contributed by atoms with E-state index in [-0.39, 0.29) is 6.03 Å². The van der Waals surface area contributed by atoms with Crippen LogP contribution in [0.4, 0.5) is 4.79 Å². The average Bonchev–Trinajstić information content (AvgIpc) is 2.53. The predicted octanol–water partition coefficient (Wildman–Crippen LogP) is 2.23. The lowest BCUT2D eigenvalue weighted by Crippen LogP contribution is -2.34. The molecule has 0 unspecified atom stereocenters. The fourth-order valence-corrected chi connectivity index (χ4v) is 1.85. The van der Waals surface area contributed by atoms with Crippen LogP contribution in [0.15, 0.2) is 48.8 Å². The van der Waals surface area contributed by atoms with E-state index in [1.165, 1.54) is 0 Å². The Hall–Kier alpha value is -2.40. The fourth-order valence-electron chi connectivity index (χ4n) is 1.85. The molecular weight excluding hydrogens is 266 g/mol. The van der Waals surface area contributed by atoms with Gasteiger partial charge in [-0.1, -0.05) is 24.3 Å². The van der Waals surface area contributed by atoms with Gasteiger partial charge >= 0.3 is 6.03 Å². The number of hydrogen-bond donors (Lipinski definition) is 2. The van der Waals surface area contributed by atoms with E-state index in [2.05, 4.69) is 15.6 Å². The first-order chi connectivity index (χ1) is 10.3. The second kappa shape index (κ2) is 8.01. The average molecular weight is 285 g/mol. The Morgan fingerprint density at radius 1 is 0.952 bits per heavy atom. The first-order valence-corrected chi connectivity index (χ1v) is 6.75. The van der Waals surface area contributed by atoms with Gasteiger partial charge in [0, 0.05) is 32.6 Å². The summed E-state index contributed by atoms with van der Waals surface area (Å²) in [6, 6.07) is 11.5. The van der Waals surface area contributed by atoms with Crippen LogP contribution >= 0.6 is 0 Å². The number of methoxy groups -OCH3 is 1. The van der Waals surface area contributed by atoms with E-state index in [0.717, 1.165) is 16.7 Å². The number of urea groups is 1. The number of nitrogens with one attached hydrogen (secondary N) is 2. The Morgan fingerprint density at radius 2 is 1.48 bits per heavy atom. The van der Waals surface area contributed by atoms with E-state index in [1.54, 1.807) is 19.5 Å². The minimum absolute atomic E-state index is 0.187. The predicted molar refractivity (Wildman–Crippen MR) is 80.5 cm³/mol. The summed E-state index contributed by atoms with van der Waals surface area (Å²) in [5.74, 6) is 0. The summed E-state index contributed by atoms with van der Waals surface area (Å²) >= 11 is 0. The van der Waals surface area contributed by atoms with Crippen molar-refractivity contribution in [3.63, 3.8) is 0 Å². The van der Waals surface area contributed by atoms with Crippen LogP contribution in [0, 0.1) is 0 Å². The van der Waals surface area contributed by atoms with E-state index >= 15 is 0 Å². The lowest BCUT2D eigenvalue weighted by atomic mass is 10.1. The first kappa shape index (κ1) is 15.0. The van der Waals surface area contributed by atoms with Crippen molar-refractivity contribution >= 4 is 6.03 Å². The Labute approximate surface area is 124 Å². The number of nitrogens with zero attached hydrogens (tertiary/aromatic N) is 1. The molecule has 2 rings (SSSR count). The van der Waals surface area contributed by atoms with Crippen LogP contribution in [0.25, 0.3) is 0 Å². The van der Waals surface area contributed by atoms with E-state index in [9.17, 15) is 4.79 Å². The van der Waals surface area contributed by atoms with Crippen molar-refractivity contribution in [1.82, 2.24) is 15.6 Å². The van der Waals surface area contributed by atoms with Crippen molar-refractivity contribution in [2.24, 2.45) is 0 Å². The van der Waals surface area contributed by atoms with E-state index in [0.29, 0.717) is 19.7 Å². The van der Waals surface area contributed by atoms with Gasteiger partial charge in [-0.25, -0.2) is 4.79 Å². The number of pyridine rings is 1. The highest BCUT2D eigenvalue weighted by Gasteiger charge is 2.01. The third-order valence-electron chi connectivity index (χ3n) is 2.99. The summed E-state index contributed by atoms with van der Waals surface area (Å²) < 4.78 is 5.06. The maximum absolute atomic E-state index is 11.7. The van der Waals surface area contributed by atoms with Crippen LogP contribution < -0.4 is 10.6 Å². The molecule has 0 aliphatic heterocycles. The van der Waals surface area contributed by atoms with Gasteiger partial charge in [-0.3, -0.25) is 4.98 Å². The number of ether oxygens (including phenoxy) is 1. The van der Waals surface area contributed by atoms with Gasteiger partial charge in [0.15, 0.2) is 0 Å². The molecule has 0 aliphatic carbocycles. The van der Waals surface area contributed by atoms with Gasteiger partial charge in [0.05, 0.1) is 6.61 Å². The van der Waals surface area contributed by atoms with Crippen LogP contribution in [-0.4, -0.2) is 18.1 Å². The molecule has 0 bridgehead atoms. The number of hydrogen-bond acceptors (Lipinski definition) is 3. The van der Waals surface area contributed by atoms with Crippen molar-refractivity contribution in [2.45, 2.75) is 19.7 Å². The normalized spacial score (nSPS) is 10.1. The summed E-state index contributed by atoms with van der Waals surface area (Å²) in [6.45, 7) is 1.58. The van der Waals surface area contributed by atoms with Crippen LogP contribution in [0.2, 0.25) is 0 Å². The Balaban J connectivity index is 1.73. The molecule has 1 heterocycles. The van der Waals surface area contributed by atoms with Gasteiger partial charge in [-0.2, -0.15) is 0 Å². The SMILES string of the molecule is COCc1ccc(CNC(=O)NCc2ccncc2)cc1. The lowest BCUT2D eigenvalue weighted by molar-refractivity contribution is 0.185. The standard InChI is InChI=1S/C16H19N3O2/c1-21-12-15-4-2-13(3-5-15)10-18-16(20)19-11-14-6-8-17-9-7-14/h2-9H,10-12H2,1H3,(H2,18,19,20). The first-order valence-electron chi connectivity index (χ1n) is 6.75. The minimum Gasteiger partial charge on any atom is -0.380 e. The summed E-state index contributed by atoms with van der Waals surface area (Å²) in [5.41, 5.74) is 3.18. The minimum atomic E-state index is -0.187. The summed E-state index contributed by atoms with van der Waals surface area (Å²) in [4.78, 5) is 15.6. The summed E-state index contributed by atoms with van der Waals surface area (Å²) in [5, 5.41) is 5.63. The largest absolute Gasteiger partial charge is 0.380 e. The van der Waals surface area contributed by atoms with Gasteiger partial charge in [0.25, 0.3) is 0 Å². The van der Waals surface area contributed by atoms with E-state index in [4.69, 9.17) is 4.74 Å². The van der Waals surface area contributed by atoms with Crippen molar-refractivity contribution in [3.8, 4) is 0 Å². The zero-order valence-corrected chi connectivity index (χ0v) is 12.0. The number of rotatable bonds is 6. The highest BCUT2D eigenvalue weighted by atomic mass is 16.5. The van der Waals surface area contributed by atoms with Gasteiger partial charge < -0.3 is 15.4 Å². The smallest absolute Gasteiger partial charge is 0.315 e. The molecule has 0 spiro atoms. The molecule has 5 nitrogen and oxygen atoms in total. The molecule has 2 amide bonds. The quantitative estimate of drug-likeness (QED) is 0.855. The molecule has 5 heteroatoms. The molecule has 0 aliphatic rings. The topological polar surface area (TPSA) is 63.2 Å². The molecule has 1 aromatic heterocycles. The molecule has 0 saturated heterocycles. The van der Waals surface area contributed by atoms with Crippen molar-refractivity contribution in [2.75, 3.05) is 7.11 Å². The number of aromatic nitrogens is 1. The molecule has 1 aromatic carbocycles. The Bertz CT molecular complexity index is 555. The third-order valence-corrected chi connectivity index (χ3v) is 2.99. The number of benzene rings is 1. The summed E-state index contributed by atoms with van der Waals surface area (Å²) in [6.07, 6.45) is 3.41. The number of amides is 2. The maximum Gasteiger partial charge on any atom is 0.315 e. The fraction of sp³-hybridized carbons (Fsp3) is 0.250. The van der Waals surface area contributed by atoms with Gasteiger partial charge in [-0.05, 0) is 28.8 Å². The third kappa shape index (κ3) is 5.24. The molecule has 2 aromatic rings. The van der Waals surface area contributed by atoms with Crippen LogP contribution in [-0.2, 0) is 24.4 Å². The molecule has 0 saturated carbocycles. The molecular formula is C16H19N3O2. The van der Waals surface area contributed by atoms with E-state index < -0.39 is 0 Å². The van der Waals surface area contributed by atoms with Crippen molar-refractivity contribution < 1.29 is 9.53 Å². The Kier molecular flexibility index (Phi) is 5.72. The van der Waals surface area contributed by atoms with Crippen LogP contribution in [0.3, 0.4) is 0 Å².